The van der Waals surface area contributed by atoms with E-state index in [-0.39, 0.29) is 18.6 Å². The predicted octanol–water partition coefficient (Wildman–Crippen LogP) is 2.43. The Kier molecular flexibility index (Phi) is 5.46. The first kappa shape index (κ1) is 16.1. The predicted molar refractivity (Wildman–Crippen MR) is 80.9 cm³/mol. The molecular formula is C14H16FNO3S2. The third-order valence-electron chi connectivity index (χ3n) is 2.93. The van der Waals surface area contributed by atoms with Gasteiger partial charge >= 0.3 is 0 Å². The lowest BCUT2D eigenvalue weighted by Crippen LogP contribution is -2.30. The van der Waals surface area contributed by atoms with Crippen LogP contribution in [0.4, 0.5) is 4.39 Å². The quantitative estimate of drug-likeness (QED) is 0.820. The van der Waals surface area contributed by atoms with Crippen LogP contribution >= 0.6 is 11.3 Å². The molecule has 0 saturated carbocycles. The van der Waals surface area contributed by atoms with Crippen molar-refractivity contribution in [2.45, 2.75) is 18.2 Å². The molecular weight excluding hydrogens is 313 g/mol. The van der Waals surface area contributed by atoms with Gasteiger partial charge in [0.15, 0.2) is 0 Å². The molecule has 0 spiro atoms. The SMILES string of the molecule is O=S(=O)(Cc1ccccc1F)N[C@@H](CCO)c1cccs1. The fourth-order valence-electron chi connectivity index (χ4n) is 1.96. The molecule has 1 atom stereocenters. The van der Waals surface area contributed by atoms with Crippen molar-refractivity contribution in [2.24, 2.45) is 0 Å². The van der Waals surface area contributed by atoms with Gasteiger partial charge in [-0.15, -0.1) is 11.3 Å². The number of benzene rings is 1. The zero-order valence-corrected chi connectivity index (χ0v) is 12.8. The van der Waals surface area contributed by atoms with Crippen molar-refractivity contribution in [2.75, 3.05) is 6.61 Å². The summed E-state index contributed by atoms with van der Waals surface area (Å²) >= 11 is 1.41. The van der Waals surface area contributed by atoms with Gasteiger partial charge in [0, 0.05) is 17.0 Å². The van der Waals surface area contributed by atoms with E-state index in [1.807, 2.05) is 11.4 Å². The van der Waals surface area contributed by atoms with E-state index in [9.17, 15) is 12.8 Å². The summed E-state index contributed by atoms with van der Waals surface area (Å²) in [5.74, 6) is -0.967. The number of nitrogens with one attached hydrogen (secondary N) is 1. The first-order valence-electron chi connectivity index (χ1n) is 6.39. The Hall–Kier alpha value is -1.28. The standard InChI is InChI=1S/C14H16FNO3S2/c15-12-5-2-1-4-11(12)10-21(18,19)16-13(7-8-17)14-6-3-9-20-14/h1-6,9,13,16-17H,7-8,10H2/t13-/m0/s1. The van der Waals surface area contributed by atoms with E-state index in [1.54, 1.807) is 12.1 Å². The zero-order valence-electron chi connectivity index (χ0n) is 11.2. The molecule has 2 aromatic rings. The van der Waals surface area contributed by atoms with Crippen molar-refractivity contribution < 1.29 is 17.9 Å². The van der Waals surface area contributed by atoms with Gasteiger partial charge in [-0.05, 0) is 23.9 Å². The Balaban J connectivity index is 2.14. The van der Waals surface area contributed by atoms with E-state index in [0.717, 1.165) is 4.88 Å². The highest BCUT2D eigenvalue weighted by atomic mass is 32.2. The topological polar surface area (TPSA) is 66.4 Å². The molecule has 114 valence electrons. The van der Waals surface area contributed by atoms with Crippen LogP contribution in [0.1, 0.15) is 22.9 Å². The van der Waals surface area contributed by atoms with Crippen molar-refractivity contribution >= 4 is 21.4 Å². The molecule has 0 saturated heterocycles. The number of hydrogen-bond donors (Lipinski definition) is 2. The number of aliphatic hydroxyl groups is 1. The van der Waals surface area contributed by atoms with Crippen molar-refractivity contribution in [3.63, 3.8) is 0 Å². The van der Waals surface area contributed by atoms with Crippen LogP contribution in [0.2, 0.25) is 0 Å². The summed E-state index contributed by atoms with van der Waals surface area (Å²) in [5, 5.41) is 10.9. The lowest BCUT2D eigenvalue weighted by Gasteiger charge is -2.16. The molecule has 4 nitrogen and oxygen atoms in total. The molecule has 2 rings (SSSR count). The maximum Gasteiger partial charge on any atom is 0.216 e. The molecule has 0 fully saturated rings. The summed E-state index contributed by atoms with van der Waals surface area (Å²) in [7, 11) is -3.70. The Morgan fingerprint density at radius 3 is 2.62 bits per heavy atom. The molecule has 2 N–H and O–H groups in total. The van der Waals surface area contributed by atoms with Gasteiger partial charge in [0.2, 0.25) is 10.0 Å². The monoisotopic (exact) mass is 329 g/mol. The fraction of sp³-hybridized carbons (Fsp3) is 0.286. The minimum absolute atomic E-state index is 0.124. The third kappa shape index (κ3) is 4.60. The summed E-state index contributed by atoms with van der Waals surface area (Å²) in [6, 6.07) is 8.91. The van der Waals surface area contributed by atoms with Crippen LogP contribution in [0.25, 0.3) is 0 Å². The molecule has 0 aliphatic heterocycles. The Morgan fingerprint density at radius 2 is 2.00 bits per heavy atom. The number of thiophene rings is 1. The Bertz CT molecular complexity index is 671. The molecule has 0 unspecified atom stereocenters. The van der Waals surface area contributed by atoms with Gasteiger partial charge in [0.05, 0.1) is 11.8 Å². The van der Waals surface area contributed by atoms with Gasteiger partial charge in [0.1, 0.15) is 5.82 Å². The molecule has 0 radical (unpaired) electrons. The van der Waals surface area contributed by atoms with Gasteiger partial charge in [-0.25, -0.2) is 17.5 Å². The van der Waals surface area contributed by atoms with E-state index < -0.39 is 27.6 Å². The van der Waals surface area contributed by atoms with Crippen LogP contribution in [-0.2, 0) is 15.8 Å². The largest absolute Gasteiger partial charge is 0.396 e. The molecule has 0 amide bonds. The van der Waals surface area contributed by atoms with Gasteiger partial charge in [-0.2, -0.15) is 0 Å². The minimum atomic E-state index is -3.70. The summed E-state index contributed by atoms with van der Waals surface area (Å²) in [4.78, 5) is 0.821. The third-order valence-corrected chi connectivity index (χ3v) is 5.25. The highest BCUT2D eigenvalue weighted by Gasteiger charge is 2.21. The molecule has 1 aromatic carbocycles. The van der Waals surface area contributed by atoms with Crippen molar-refractivity contribution in [1.82, 2.24) is 4.72 Å². The molecule has 1 heterocycles. The lowest BCUT2D eigenvalue weighted by atomic mass is 10.2. The number of rotatable bonds is 7. The van der Waals surface area contributed by atoms with Gasteiger partial charge in [-0.1, -0.05) is 24.3 Å². The smallest absolute Gasteiger partial charge is 0.216 e. The van der Waals surface area contributed by atoms with E-state index in [1.165, 1.54) is 29.5 Å². The van der Waals surface area contributed by atoms with Gasteiger partial charge in [-0.3, -0.25) is 0 Å². The van der Waals surface area contributed by atoms with E-state index >= 15 is 0 Å². The highest BCUT2D eigenvalue weighted by Crippen LogP contribution is 2.23. The first-order valence-corrected chi connectivity index (χ1v) is 8.92. The minimum Gasteiger partial charge on any atom is -0.396 e. The van der Waals surface area contributed by atoms with Crippen molar-refractivity contribution in [3.05, 3.63) is 58.0 Å². The second-order valence-electron chi connectivity index (χ2n) is 4.55. The molecule has 1 aromatic heterocycles. The van der Waals surface area contributed by atoms with Gasteiger partial charge in [0.25, 0.3) is 0 Å². The average Bonchev–Trinajstić information content (AvgIpc) is 2.94. The van der Waals surface area contributed by atoms with E-state index in [2.05, 4.69) is 4.72 Å². The van der Waals surface area contributed by atoms with Crippen LogP contribution in [0.15, 0.2) is 41.8 Å². The summed E-state index contributed by atoms with van der Waals surface area (Å²) in [6.45, 7) is -0.134. The maximum absolute atomic E-state index is 13.5. The highest BCUT2D eigenvalue weighted by molar-refractivity contribution is 7.88. The van der Waals surface area contributed by atoms with Crippen LogP contribution in [-0.4, -0.2) is 20.1 Å². The number of hydrogen-bond acceptors (Lipinski definition) is 4. The van der Waals surface area contributed by atoms with Crippen molar-refractivity contribution in [1.29, 1.82) is 0 Å². The van der Waals surface area contributed by atoms with E-state index in [0.29, 0.717) is 0 Å². The van der Waals surface area contributed by atoms with E-state index in [4.69, 9.17) is 5.11 Å². The van der Waals surface area contributed by atoms with Crippen molar-refractivity contribution in [3.8, 4) is 0 Å². The van der Waals surface area contributed by atoms with Crippen LogP contribution in [0.3, 0.4) is 0 Å². The molecule has 0 bridgehead atoms. The molecule has 0 aliphatic carbocycles. The second-order valence-corrected chi connectivity index (χ2v) is 7.28. The second kappa shape index (κ2) is 7.13. The lowest BCUT2D eigenvalue weighted by molar-refractivity contribution is 0.273. The summed E-state index contributed by atoms with van der Waals surface area (Å²) < 4.78 is 40.4. The molecule has 21 heavy (non-hydrogen) atoms. The Morgan fingerprint density at radius 1 is 1.24 bits per heavy atom. The summed E-state index contributed by atoms with van der Waals surface area (Å²) in [6.07, 6.45) is 0.275. The molecule has 0 aliphatic rings. The maximum atomic E-state index is 13.5. The average molecular weight is 329 g/mol. The normalized spacial score (nSPS) is 13.2. The van der Waals surface area contributed by atoms with Crippen LogP contribution in [0.5, 0.6) is 0 Å². The Labute approximate surface area is 127 Å². The summed E-state index contributed by atoms with van der Waals surface area (Å²) in [5.41, 5.74) is 0.124. The fourth-order valence-corrected chi connectivity index (χ4v) is 4.25. The first-order chi connectivity index (χ1) is 10.0. The van der Waals surface area contributed by atoms with Gasteiger partial charge < -0.3 is 5.11 Å². The van der Waals surface area contributed by atoms with Crippen LogP contribution in [0, 0.1) is 5.82 Å². The molecule has 7 heteroatoms. The number of sulfonamides is 1. The number of aliphatic hydroxyl groups excluding tert-OH is 1. The number of halogens is 1. The zero-order chi connectivity index (χ0) is 15.3. The van der Waals surface area contributed by atoms with Crippen LogP contribution < -0.4 is 4.72 Å².